The number of rotatable bonds is 4. The van der Waals surface area contributed by atoms with E-state index in [0.717, 1.165) is 0 Å². The van der Waals surface area contributed by atoms with Crippen LogP contribution in [0.25, 0.3) is 0 Å². The molecule has 24 heavy (non-hydrogen) atoms. The zero-order chi connectivity index (χ0) is 17.3. The van der Waals surface area contributed by atoms with Gasteiger partial charge in [0.2, 0.25) is 10.0 Å². The summed E-state index contributed by atoms with van der Waals surface area (Å²) in [4.78, 5) is 2.31. The van der Waals surface area contributed by atoms with Crippen LogP contribution >= 0.6 is 0 Å². The molecular weight excluding hydrogens is 332 g/mol. The fourth-order valence-electron chi connectivity index (χ4n) is 3.23. The van der Waals surface area contributed by atoms with Crippen LogP contribution in [0.15, 0.2) is 23.1 Å². The van der Waals surface area contributed by atoms with Crippen molar-refractivity contribution in [2.45, 2.75) is 30.9 Å². The highest BCUT2D eigenvalue weighted by molar-refractivity contribution is 7.89. The monoisotopic (exact) mass is 356 g/mol. The van der Waals surface area contributed by atoms with Gasteiger partial charge in [0.05, 0.1) is 11.0 Å². The van der Waals surface area contributed by atoms with E-state index in [1.165, 1.54) is 4.31 Å². The minimum atomic E-state index is -3.59. The van der Waals surface area contributed by atoms with E-state index < -0.39 is 16.1 Å². The Balaban J connectivity index is 1.78. The molecule has 8 heteroatoms. The average molecular weight is 356 g/mol. The summed E-state index contributed by atoms with van der Waals surface area (Å²) in [6.45, 7) is 6.71. The first-order valence-corrected chi connectivity index (χ1v) is 9.64. The Morgan fingerprint density at radius 1 is 1.25 bits per heavy atom. The van der Waals surface area contributed by atoms with Gasteiger partial charge < -0.3 is 14.6 Å². The molecule has 134 valence electrons. The molecule has 0 amide bonds. The molecule has 2 atom stereocenters. The lowest BCUT2D eigenvalue weighted by Gasteiger charge is -2.39. The number of β-amino-alcohol motifs (C(OH)–C–C–N with tert-alkyl or cyclic N) is 1. The highest BCUT2D eigenvalue weighted by Gasteiger charge is 2.34. The molecule has 1 aromatic rings. The lowest BCUT2D eigenvalue weighted by molar-refractivity contribution is 0.0840. The van der Waals surface area contributed by atoms with Crippen molar-refractivity contribution >= 4 is 10.0 Å². The number of hydrogen-bond acceptors (Lipinski definition) is 6. The first-order chi connectivity index (χ1) is 11.4. The predicted octanol–water partition coefficient (Wildman–Crippen LogP) is 0.533. The third-order valence-electron chi connectivity index (χ3n) is 4.29. The van der Waals surface area contributed by atoms with Crippen molar-refractivity contribution in [3.05, 3.63) is 18.2 Å². The van der Waals surface area contributed by atoms with Crippen LogP contribution < -0.4 is 9.47 Å². The van der Waals surface area contributed by atoms with Crippen LogP contribution in [0.1, 0.15) is 13.8 Å². The van der Waals surface area contributed by atoms with Gasteiger partial charge in [0.15, 0.2) is 11.5 Å². The second-order valence-electron chi connectivity index (χ2n) is 6.38. The van der Waals surface area contributed by atoms with Gasteiger partial charge in [-0.15, -0.1) is 0 Å². The summed E-state index contributed by atoms with van der Waals surface area (Å²) in [6.07, 6.45) is -0.418. The Morgan fingerprint density at radius 2 is 1.96 bits per heavy atom. The van der Waals surface area contributed by atoms with Crippen LogP contribution in [0.2, 0.25) is 0 Å². The van der Waals surface area contributed by atoms with Gasteiger partial charge >= 0.3 is 0 Å². The van der Waals surface area contributed by atoms with E-state index in [1.807, 2.05) is 6.92 Å². The SMILES string of the molecule is C[C@H](O)CN1CCN(S(=O)(=O)c2ccc3c(c2)OCCO3)[C@H](C)C1. The molecule has 2 aliphatic rings. The maximum absolute atomic E-state index is 13.0. The zero-order valence-corrected chi connectivity index (χ0v) is 14.8. The fourth-order valence-corrected chi connectivity index (χ4v) is 4.86. The van der Waals surface area contributed by atoms with Gasteiger partial charge in [0, 0.05) is 38.3 Å². The number of aliphatic hydroxyl groups excluding tert-OH is 1. The largest absolute Gasteiger partial charge is 0.486 e. The zero-order valence-electron chi connectivity index (χ0n) is 14.0. The molecule has 0 unspecified atom stereocenters. The average Bonchev–Trinajstić information content (AvgIpc) is 2.53. The van der Waals surface area contributed by atoms with Crippen LogP contribution in [0, 0.1) is 0 Å². The van der Waals surface area contributed by atoms with Crippen LogP contribution in [-0.4, -0.2) is 74.3 Å². The Kier molecular flexibility index (Phi) is 5.00. The van der Waals surface area contributed by atoms with Crippen LogP contribution in [0.5, 0.6) is 11.5 Å². The van der Waals surface area contributed by atoms with Crippen molar-refractivity contribution in [2.75, 3.05) is 39.4 Å². The van der Waals surface area contributed by atoms with E-state index in [-0.39, 0.29) is 10.9 Å². The molecule has 0 radical (unpaired) electrons. The predicted molar refractivity (Wildman–Crippen MR) is 88.9 cm³/mol. The van der Waals surface area contributed by atoms with Crippen molar-refractivity contribution in [1.29, 1.82) is 0 Å². The summed E-state index contributed by atoms with van der Waals surface area (Å²) in [7, 11) is -3.59. The minimum absolute atomic E-state index is 0.157. The van der Waals surface area contributed by atoms with Crippen molar-refractivity contribution < 1.29 is 23.0 Å². The number of aliphatic hydroxyl groups is 1. The standard InChI is InChI=1S/C16H24N2O5S/c1-12-10-17(11-13(2)19)5-6-18(12)24(20,21)14-3-4-15-16(9-14)23-8-7-22-15/h3-4,9,12-13,19H,5-8,10-11H2,1-2H3/t12-,13+/m1/s1. The lowest BCUT2D eigenvalue weighted by atomic mass is 10.2. The molecule has 7 nitrogen and oxygen atoms in total. The minimum Gasteiger partial charge on any atom is -0.486 e. The number of benzene rings is 1. The van der Waals surface area contributed by atoms with Gasteiger partial charge in [0.25, 0.3) is 0 Å². The topological polar surface area (TPSA) is 79.3 Å². The number of nitrogens with zero attached hydrogens (tertiary/aromatic N) is 2. The van der Waals surface area contributed by atoms with Gasteiger partial charge in [-0.2, -0.15) is 4.31 Å². The molecule has 1 fully saturated rings. The summed E-state index contributed by atoms with van der Waals surface area (Å²) in [5.41, 5.74) is 0. The maximum Gasteiger partial charge on any atom is 0.243 e. The summed E-state index contributed by atoms with van der Waals surface area (Å²) in [6, 6.07) is 4.60. The molecule has 0 spiro atoms. The van der Waals surface area contributed by atoms with Gasteiger partial charge in [-0.25, -0.2) is 8.42 Å². The quantitative estimate of drug-likeness (QED) is 0.848. The molecule has 2 heterocycles. The van der Waals surface area contributed by atoms with Crippen molar-refractivity contribution in [1.82, 2.24) is 9.21 Å². The van der Waals surface area contributed by atoms with Gasteiger partial charge in [-0.05, 0) is 26.0 Å². The molecule has 1 N–H and O–H groups in total. The first kappa shape index (κ1) is 17.5. The molecule has 0 saturated carbocycles. The Morgan fingerprint density at radius 3 is 2.62 bits per heavy atom. The molecular formula is C16H24N2O5S. The molecule has 1 saturated heterocycles. The summed E-state index contributed by atoms with van der Waals surface area (Å²) in [5.74, 6) is 1.05. The Hall–Kier alpha value is -1.35. The summed E-state index contributed by atoms with van der Waals surface area (Å²) < 4.78 is 38.4. The second kappa shape index (κ2) is 6.87. The molecule has 1 aromatic carbocycles. The molecule has 0 bridgehead atoms. The maximum atomic E-state index is 13.0. The first-order valence-electron chi connectivity index (χ1n) is 8.20. The Bertz CT molecular complexity index is 692. The van der Waals surface area contributed by atoms with E-state index in [4.69, 9.17) is 9.47 Å². The van der Waals surface area contributed by atoms with Crippen molar-refractivity contribution in [2.24, 2.45) is 0 Å². The van der Waals surface area contributed by atoms with Crippen LogP contribution in [-0.2, 0) is 10.0 Å². The molecule has 2 aliphatic heterocycles. The van der Waals surface area contributed by atoms with E-state index >= 15 is 0 Å². The highest BCUT2D eigenvalue weighted by Crippen LogP contribution is 2.33. The van der Waals surface area contributed by atoms with Gasteiger partial charge in [-0.3, -0.25) is 4.90 Å². The second-order valence-corrected chi connectivity index (χ2v) is 8.27. The van der Waals surface area contributed by atoms with Crippen LogP contribution in [0.4, 0.5) is 0 Å². The summed E-state index contributed by atoms with van der Waals surface area (Å²) >= 11 is 0. The molecule has 0 aromatic heterocycles. The van der Waals surface area contributed by atoms with Crippen molar-refractivity contribution in [3.8, 4) is 11.5 Å². The van der Waals surface area contributed by atoms with Gasteiger partial charge in [0.1, 0.15) is 13.2 Å². The third-order valence-corrected chi connectivity index (χ3v) is 6.30. The number of sulfonamides is 1. The number of hydrogen-bond donors (Lipinski definition) is 1. The number of ether oxygens (including phenoxy) is 2. The normalized spacial score (nSPS) is 23.9. The Labute approximate surface area is 142 Å². The molecule has 0 aliphatic carbocycles. The number of fused-ring (bicyclic) bond motifs is 1. The smallest absolute Gasteiger partial charge is 0.243 e. The van der Waals surface area contributed by atoms with E-state index in [1.54, 1.807) is 25.1 Å². The van der Waals surface area contributed by atoms with Gasteiger partial charge in [-0.1, -0.05) is 0 Å². The third kappa shape index (κ3) is 3.51. The van der Waals surface area contributed by atoms with Crippen molar-refractivity contribution in [3.63, 3.8) is 0 Å². The lowest BCUT2D eigenvalue weighted by Crippen LogP contribution is -2.54. The van der Waals surface area contributed by atoms with Crippen LogP contribution in [0.3, 0.4) is 0 Å². The number of piperazine rings is 1. The van der Waals surface area contributed by atoms with E-state index in [0.29, 0.717) is 50.9 Å². The van der Waals surface area contributed by atoms with E-state index in [9.17, 15) is 13.5 Å². The fraction of sp³-hybridized carbons (Fsp3) is 0.625. The van der Waals surface area contributed by atoms with E-state index in [2.05, 4.69) is 4.90 Å². The summed E-state index contributed by atoms with van der Waals surface area (Å²) in [5, 5.41) is 9.51. The molecule has 3 rings (SSSR count). The highest BCUT2D eigenvalue weighted by atomic mass is 32.2.